The van der Waals surface area contributed by atoms with Crippen LogP contribution in [0.5, 0.6) is 0 Å². The maximum absolute atomic E-state index is 12.4. The Kier molecular flexibility index (Phi) is 2.49. The fourth-order valence-electron chi connectivity index (χ4n) is 1.73. The first-order valence-electron chi connectivity index (χ1n) is 5.07. The van der Waals surface area contributed by atoms with Crippen molar-refractivity contribution < 1.29 is 4.79 Å². The number of thiophene rings is 1. The van der Waals surface area contributed by atoms with Gasteiger partial charge in [0.2, 0.25) is 5.78 Å². The van der Waals surface area contributed by atoms with E-state index in [-0.39, 0.29) is 5.78 Å². The number of hydrogen-bond acceptors (Lipinski definition) is 5. The quantitative estimate of drug-likeness (QED) is 0.664. The van der Waals surface area contributed by atoms with Gasteiger partial charge in [0.05, 0.1) is 5.69 Å². The Hall–Kier alpha value is -1.59. The number of aryl methyl sites for hydroxylation is 1. The molecule has 3 aromatic rings. The van der Waals surface area contributed by atoms with Crippen molar-refractivity contribution in [3.8, 4) is 0 Å². The van der Waals surface area contributed by atoms with Gasteiger partial charge in [-0.3, -0.25) is 4.79 Å². The maximum atomic E-state index is 12.4. The number of fused-ring (bicyclic) bond motifs is 1. The molecule has 5 heteroatoms. The lowest BCUT2D eigenvalue weighted by Crippen LogP contribution is -2.00. The molecule has 0 fully saturated rings. The first kappa shape index (κ1) is 10.6. The van der Waals surface area contributed by atoms with Crippen LogP contribution >= 0.6 is 22.9 Å². The van der Waals surface area contributed by atoms with Crippen molar-refractivity contribution in [1.82, 2.24) is 9.59 Å². The van der Waals surface area contributed by atoms with Gasteiger partial charge in [-0.1, -0.05) is 16.6 Å². The molecule has 0 unspecified atom stereocenters. The first-order chi connectivity index (χ1) is 8.27. The van der Waals surface area contributed by atoms with E-state index in [1.54, 1.807) is 11.3 Å². The topological polar surface area (TPSA) is 42.9 Å². The first-order valence-corrected chi connectivity index (χ1v) is 6.72. The zero-order valence-corrected chi connectivity index (χ0v) is 10.6. The van der Waals surface area contributed by atoms with Crippen molar-refractivity contribution in [2.24, 2.45) is 0 Å². The van der Waals surface area contributed by atoms with E-state index in [0.717, 1.165) is 27.2 Å². The van der Waals surface area contributed by atoms with Crippen LogP contribution in [0.2, 0.25) is 0 Å². The standard InChI is InChI=1S/C12H8N2OS2/c1-7-11(17-14-13-7)10(15)9-4-2-3-8-5-6-16-12(8)9/h2-6H,1H3. The molecule has 0 aliphatic carbocycles. The second kappa shape index (κ2) is 4.01. The summed E-state index contributed by atoms with van der Waals surface area (Å²) in [6, 6.07) is 7.81. The van der Waals surface area contributed by atoms with Crippen LogP contribution in [0.1, 0.15) is 20.9 Å². The minimum atomic E-state index is 0.0190. The van der Waals surface area contributed by atoms with Gasteiger partial charge < -0.3 is 0 Å². The van der Waals surface area contributed by atoms with E-state index < -0.39 is 0 Å². The molecule has 84 valence electrons. The van der Waals surface area contributed by atoms with Crippen LogP contribution in [0.25, 0.3) is 10.1 Å². The largest absolute Gasteiger partial charge is 0.288 e. The third-order valence-corrected chi connectivity index (χ3v) is 4.37. The molecule has 0 amide bonds. The van der Waals surface area contributed by atoms with Crippen molar-refractivity contribution in [1.29, 1.82) is 0 Å². The van der Waals surface area contributed by atoms with E-state index in [4.69, 9.17) is 0 Å². The Bertz CT molecular complexity index is 699. The Morgan fingerprint density at radius 2 is 2.18 bits per heavy atom. The molecule has 0 bridgehead atoms. The van der Waals surface area contributed by atoms with E-state index in [1.165, 1.54) is 0 Å². The lowest BCUT2D eigenvalue weighted by molar-refractivity contribution is 0.104. The molecule has 0 N–H and O–H groups in total. The highest BCUT2D eigenvalue weighted by atomic mass is 32.1. The van der Waals surface area contributed by atoms with E-state index in [2.05, 4.69) is 9.59 Å². The summed E-state index contributed by atoms with van der Waals surface area (Å²) in [5.74, 6) is 0.0190. The van der Waals surface area contributed by atoms with Crippen LogP contribution in [-0.4, -0.2) is 15.4 Å². The number of hydrogen-bond donors (Lipinski definition) is 0. The monoisotopic (exact) mass is 260 g/mol. The molecular formula is C12H8N2OS2. The fraction of sp³-hybridized carbons (Fsp3) is 0.0833. The molecule has 0 spiro atoms. The minimum absolute atomic E-state index is 0.0190. The third-order valence-electron chi connectivity index (χ3n) is 2.58. The zero-order chi connectivity index (χ0) is 11.8. The summed E-state index contributed by atoms with van der Waals surface area (Å²) in [6.07, 6.45) is 0. The average molecular weight is 260 g/mol. The fourth-order valence-corrected chi connectivity index (χ4v) is 3.26. The number of rotatable bonds is 2. The van der Waals surface area contributed by atoms with Crippen LogP contribution in [0, 0.1) is 6.92 Å². The second-order valence-corrected chi connectivity index (χ2v) is 5.33. The maximum Gasteiger partial charge on any atom is 0.207 e. The number of ketones is 1. The highest BCUT2D eigenvalue weighted by Gasteiger charge is 2.17. The van der Waals surface area contributed by atoms with Gasteiger partial charge >= 0.3 is 0 Å². The van der Waals surface area contributed by atoms with Crippen LogP contribution in [-0.2, 0) is 0 Å². The van der Waals surface area contributed by atoms with E-state index in [9.17, 15) is 4.79 Å². The number of nitrogens with zero attached hydrogens (tertiary/aromatic N) is 2. The molecule has 3 nitrogen and oxygen atoms in total. The van der Waals surface area contributed by atoms with Crippen molar-refractivity contribution in [2.75, 3.05) is 0 Å². The smallest absolute Gasteiger partial charge is 0.207 e. The van der Waals surface area contributed by atoms with Crippen LogP contribution in [0.3, 0.4) is 0 Å². The lowest BCUT2D eigenvalue weighted by atomic mass is 10.1. The molecule has 0 atom stereocenters. The predicted molar refractivity (Wildman–Crippen MR) is 69.9 cm³/mol. The van der Waals surface area contributed by atoms with Crippen molar-refractivity contribution in [2.45, 2.75) is 6.92 Å². The Labute approximate surface area is 106 Å². The van der Waals surface area contributed by atoms with E-state index in [0.29, 0.717) is 10.6 Å². The predicted octanol–water partition coefficient (Wildman–Crippen LogP) is 3.29. The van der Waals surface area contributed by atoms with Gasteiger partial charge in [-0.05, 0) is 41.4 Å². The van der Waals surface area contributed by atoms with Gasteiger partial charge in [-0.15, -0.1) is 16.4 Å². The molecule has 2 heterocycles. The number of carbonyl (C=O) groups excluding carboxylic acids is 1. The van der Waals surface area contributed by atoms with Gasteiger partial charge in [-0.25, -0.2) is 0 Å². The normalized spacial score (nSPS) is 10.9. The van der Waals surface area contributed by atoms with Gasteiger partial charge in [0.1, 0.15) is 4.88 Å². The molecule has 3 rings (SSSR count). The minimum Gasteiger partial charge on any atom is -0.288 e. The lowest BCUT2D eigenvalue weighted by Gasteiger charge is -2.00. The van der Waals surface area contributed by atoms with E-state index in [1.807, 2.05) is 36.6 Å². The summed E-state index contributed by atoms with van der Waals surface area (Å²) >= 11 is 2.75. The molecule has 2 aromatic heterocycles. The average Bonchev–Trinajstić information content (AvgIpc) is 2.95. The molecule has 0 saturated carbocycles. The van der Waals surface area contributed by atoms with Gasteiger partial charge in [-0.2, -0.15) is 0 Å². The van der Waals surface area contributed by atoms with Gasteiger partial charge in [0, 0.05) is 10.3 Å². The molecule has 0 radical (unpaired) electrons. The summed E-state index contributed by atoms with van der Waals surface area (Å²) < 4.78 is 4.84. The summed E-state index contributed by atoms with van der Waals surface area (Å²) in [5, 5.41) is 6.99. The van der Waals surface area contributed by atoms with Crippen molar-refractivity contribution in [3.63, 3.8) is 0 Å². The molecule has 17 heavy (non-hydrogen) atoms. The van der Waals surface area contributed by atoms with Gasteiger partial charge in [0.15, 0.2) is 0 Å². The van der Waals surface area contributed by atoms with E-state index >= 15 is 0 Å². The number of benzene rings is 1. The van der Waals surface area contributed by atoms with Crippen LogP contribution in [0.4, 0.5) is 0 Å². The number of carbonyl (C=O) groups is 1. The second-order valence-electron chi connectivity index (χ2n) is 3.66. The molecular weight excluding hydrogens is 252 g/mol. The summed E-state index contributed by atoms with van der Waals surface area (Å²) in [7, 11) is 0. The summed E-state index contributed by atoms with van der Waals surface area (Å²) in [6.45, 7) is 1.81. The van der Waals surface area contributed by atoms with Crippen LogP contribution < -0.4 is 0 Å². The Balaban J connectivity index is 2.19. The summed E-state index contributed by atoms with van der Waals surface area (Å²) in [5.41, 5.74) is 1.44. The van der Waals surface area contributed by atoms with Gasteiger partial charge in [0.25, 0.3) is 0 Å². The zero-order valence-electron chi connectivity index (χ0n) is 9.01. The Morgan fingerprint density at radius 1 is 1.29 bits per heavy atom. The van der Waals surface area contributed by atoms with Crippen LogP contribution in [0.15, 0.2) is 29.6 Å². The highest BCUT2D eigenvalue weighted by Crippen LogP contribution is 2.27. The Morgan fingerprint density at radius 3 is 2.94 bits per heavy atom. The third kappa shape index (κ3) is 1.67. The van der Waals surface area contributed by atoms with Crippen molar-refractivity contribution in [3.05, 3.63) is 45.8 Å². The highest BCUT2D eigenvalue weighted by molar-refractivity contribution is 7.17. The number of aromatic nitrogens is 2. The molecule has 0 aliphatic rings. The van der Waals surface area contributed by atoms with Crippen molar-refractivity contribution >= 4 is 38.7 Å². The SMILES string of the molecule is Cc1nnsc1C(=O)c1cccc2ccsc12. The molecule has 0 aliphatic heterocycles. The molecule has 1 aromatic carbocycles. The summed E-state index contributed by atoms with van der Waals surface area (Å²) in [4.78, 5) is 13.0. The molecule has 0 saturated heterocycles.